The Balaban J connectivity index is 1.83. The van der Waals surface area contributed by atoms with E-state index in [1.807, 2.05) is 42.5 Å². The van der Waals surface area contributed by atoms with Gasteiger partial charge in [0, 0.05) is 13.0 Å². The van der Waals surface area contributed by atoms with Gasteiger partial charge in [-0.3, -0.25) is 4.79 Å². The van der Waals surface area contributed by atoms with Crippen molar-refractivity contribution in [3.05, 3.63) is 42.0 Å². The molecular weight excluding hydrogens is 266 g/mol. The maximum atomic E-state index is 12.2. The fourth-order valence-corrected chi connectivity index (χ4v) is 2.62. The van der Waals surface area contributed by atoms with Crippen LogP contribution in [0.4, 0.5) is 0 Å². The predicted molar refractivity (Wildman–Crippen MR) is 81.7 cm³/mol. The molecule has 0 aliphatic carbocycles. The number of carboxylic acid groups (broad SMARTS) is 1. The fourth-order valence-electron chi connectivity index (χ4n) is 2.62. The van der Waals surface area contributed by atoms with Gasteiger partial charge in [0.15, 0.2) is 0 Å². The summed E-state index contributed by atoms with van der Waals surface area (Å²) in [5.74, 6) is -0.942. The van der Waals surface area contributed by atoms with Crippen molar-refractivity contribution < 1.29 is 14.7 Å². The van der Waals surface area contributed by atoms with Crippen LogP contribution in [0.5, 0.6) is 0 Å². The molecule has 1 unspecified atom stereocenters. The minimum atomic E-state index is -0.886. The molecular formula is C17H21NO3. The Morgan fingerprint density at radius 1 is 1.24 bits per heavy atom. The number of piperidine rings is 1. The topological polar surface area (TPSA) is 57.6 Å². The SMILES string of the molecule is O=C(O)C1CCCCN1C(=O)CCC=Cc1ccccc1. The molecule has 4 nitrogen and oxygen atoms in total. The lowest BCUT2D eigenvalue weighted by Crippen LogP contribution is -2.47. The second kappa shape index (κ2) is 7.62. The highest BCUT2D eigenvalue weighted by atomic mass is 16.4. The second-order valence-electron chi connectivity index (χ2n) is 5.29. The van der Waals surface area contributed by atoms with E-state index in [1.165, 1.54) is 4.90 Å². The summed E-state index contributed by atoms with van der Waals surface area (Å²) in [6, 6.07) is 9.27. The van der Waals surface area contributed by atoms with Gasteiger partial charge in [-0.1, -0.05) is 42.5 Å². The molecule has 1 amide bonds. The molecule has 1 fully saturated rings. The van der Waals surface area contributed by atoms with Crippen molar-refractivity contribution in [2.24, 2.45) is 0 Å². The van der Waals surface area contributed by atoms with E-state index in [0.29, 0.717) is 25.8 Å². The highest BCUT2D eigenvalue weighted by molar-refractivity contribution is 5.84. The monoisotopic (exact) mass is 287 g/mol. The van der Waals surface area contributed by atoms with Crippen molar-refractivity contribution >= 4 is 18.0 Å². The number of carboxylic acids is 1. The molecule has 1 aromatic carbocycles. The van der Waals surface area contributed by atoms with Crippen molar-refractivity contribution in [1.29, 1.82) is 0 Å². The molecule has 112 valence electrons. The third-order valence-corrected chi connectivity index (χ3v) is 3.74. The van der Waals surface area contributed by atoms with E-state index in [2.05, 4.69) is 0 Å². The number of hydrogen-bond donors (Lipinski definition) is 1. The smallest absolute Gasteiger partial charge is 0.326 e. The Labute approximate surface area is 125 Å². The van der Waals surface area contributed by atoms with E-state index in [-0.39, 0.29) is 5.91 Å². The summed E-state index contributed by atoms with van der Waals surface area (Å²) in [6.45, 7) is 0.568. The number of rotatable bonds is 5. The summed E-state index contributed by atoms with van der Waals surface area (Å²) in [5, 5.41) is 9.17. The Morgan fingerprint density at radius 3 is 2.71 bits per heavy atom. The Kier molecular flexibility index (Phi) is 5.55. The molecule has 0 spiro atoms. The number of likely N-dealkylation sites (tertiary alicyclic amines) is 1. The molecule has 0 aromatic heterocycles. The van der Waals surface area contributed by atoms with E-state index in [9.17, 15) is 9.59 Å². The molecule has 1 heterocycles. The third-order valence-electron chi connectivity index (χ3n) is 3.74. The zero-order chi connectivity index (χ0) is 15.1. The van der Waals surface area contributed by atoms with E-state index in [1.54, 1.807) is 0 Å². The van der Waals surface area contributed by atoms with Gasteiger partial charge < -0.3 is 10.0 Å². The molecule has 1 aromatic rings. The van der Waals surface area contributed by atoms with Crippen molar-refractivity contribution in [2.75, 3.05) is 6.54 Å². The molecule has 4 heteroatoms. The summed E-state index contributed by atoms with van der Waals surface area (Å²) in [6.07, 6.45) is 7.31. The largest absolute Gasteiger partial charge is 0.480 e. The lowest BCUT2D eigenvalue weighted by atomic mass is 10.0. The molecule has 1 atom stereocenters. The van der Waals surface area contributed by atoms with Crippen LogP contribution in [-0.2, 0) is 9.59 Å². The number of allylic oxidation sites excluding steroid dienone is 1. The zero-order valence-corrected chi connectivity index (χ0v) is 12.1. The maximum Gasteiger partial charge on any atom is 0.326 e. The van der Waals surface area contributed by atoms with E-state index in [4.69, 9.17) is 5.11 Å². The van der Waals surface area contributed by atoms with E-state index in [0.717, 1.165) is 18.4 Å². The highest BCUT2D eigenvalue weighted by Gasteiger charge is 2.31. The lowest BCUT2D eigenvalue weighted by Gasteiger charge is -2.32. The number of benzene rings is 1. The van der Waals surface area contributed by atoms with E-state index < -0.39 is 12.0 Å². The van der Waals surface area contributed by atoms with Crippen LogP contribution in [0.3, 0.4) is 0 Å². The minimum Gasteiger partial charge on any atom is -0.480 e. The number of carbonyl (C=O) groups is 2. The molecule has 1 N–H and O–H groups in total. The quantitative estimate of drug-likeness (QED) is 0.905. The summed E-state index contributed by atoms with van der Waals surface area (Å²) in [7, 11) is 0. The number of nitrogens with zero attached hydrogens (tertiary/aromatic N) is 1. The molecule has 0 bridgehead atoms. The fraction of sp³-hybridized carbons (Fsp3) is 0.412. The summed E-state index contributed by atoms with van der Waals surface area (Å²) >= 11 is 0. The Hall–Kier alpha value is -2.10. The van der Waals surface area contributed by atoms with Crippen LogP contribution >= 0.6 is 0 Å². The zero-order valence-electron chi connectivity index (χ0n) is 12.1. The Morgan fingerprint density at radius 2 is 2.00 bits per heavy atom. The number of amides is 1. The van der Waals surface area contributed by atoms with Gasteiger partial charge in [0.25, 0.3) is 0 Å². The molecule has 2 rings (SSSR count). The first kappa shape index (κ1) is 15.3. The van der Waals surface area contributed by atoms with E-state index >= 15 is 0 Å². The van der Waals surface area contributed by atoms with Gasteiger partial charge >= 0.3 is 5.97 Å². The molecule has 21 heavy (non-hydrogen) atoms. The summed E-state index contributed by atoms with van der Waals surface area (Å²) < 4.78 is 0. The van der Waals surface area contributed by atoms with Crippen LogP contribution in [0.25, 0.3) is 6.08 Å². The van der Waals surface area contributed by atoms with Crippen LogP contribution in [0, 0.1) is 0 Å². The summed E-state index contributed by atoms with van der Waals surface area (Å²) in [5.41, 5.74) is 1.10. The minimum absolute atomic E-state index is 0.0557. The Bertz CT molecular complexity index is 510. The highest BCUT2D eigenvalue weighted by Crippen LogP contribution is 2.18. The van der Waals surface area contributed by atoms with Gasteiger partial charge in [0.1, 0.15) is 6.04 Å². The first-order chi connectivity index (χ1) is 10.2. The first-order valence-electron chi connectivity index (χ1n) is 7.42. The van der Waals surface area contributed by atoms with Gasteiger partial charge in [-0.15, -0.1) is 0 Å². The van der Waals surface area contributed by atoms with Crippen molar-refractivity contribution in [1.82, 2.24) is 4.90 Å². The van der Waals surface area contributed by atoms with Crippen molar-refractivity contribution in [3.63, 3.8) is 0 Å². The van der Waals surface area contributed by atoms with Crippen LogP contribution in [0.1, 0.15) is 37.7 Å². The number of aliphatic carboxylic acids is 1. The van der Waals surface area contributed by atoms with Crippen molar-refractivity contribution in [3.8, 4) is 0 Å². The van der Waals surface area contributed by atoms with Gasteiger partial charge in [0.2, 0.25) is 5.91 Å². The van der Waals surface area contributed by atoms with Gasteiger partial charge in [0.05, 0.1) is 0 Å². The van der Waals surface area contributed by atoms with Gasteiger partial charge in [-0.05, 0) is 31.2 Å². The van der Waals surface area contributed by atoms with Crippen LogP contribution in [-0.4, -0.2) is 34.5 Å². The molecule has 0 radical (unpaired) electrons. The number of hydrogen-bond acceptors (Lipinski definition) is 2. The predicted octanol–water partition coefficient (Wildman–Crippen LogP) is 2.95. The average Bonchev–Trinajstić information content (AvgIpc) is 2.52. The summed E-state index contributed by atoms with van der Waals surface area (Å²) in [4.78, 5) is 24.9. The molecule has 1 aliphatic heterocycles. The lowest BCUT2D eigenvalue weighted by molar-refractivity contribution is -0.152. The third kappa shape index (κ3) is 4.45. The average molecular weight is 287 g/mol. The van der Waals surface area contributed by atoms with Crippen LogP contribution in [0.2, 0.25) is 0 Å². The first-order valence-corrected chi connectivity index (χ1v) is 7.42. The van der Waals surface area contributed by atoms with Crippen molar-refractivity contribution in [2.45, 2.75) is 38.1 Å². The number of carbonyl (C=O) groups excluding carboxylic acids is 1. The molecule has 1 saturated heterocycles. The standard InChI is InChI=1S/C17H21NO3/c19-16(18-13-7-6-11-15(18)17(20)21)12-5-4-10-14-8-2-1-3-9-14/h1-4,8-10,15H,5-7,11-13H2,(H,20,21). The van der Waals surface area contributed by atoms with Gasteiger partial charge in [-0.2, -0.15) is 0 Å². The van der Waals surface area contributed by atoms with Crippen LogP contribution < -0.4 is 0 Å². The van der Waals surface area contributed by atoms with Gasteiger partial charge in [-0.25, -0.2) is 4.79 Å². The normalized spacial score (nSPS) is 18.9. The second-order valence-corrected chi connectivity index (χ2v) is 5.29. The molecule has 1 aliphatic rings. The van der Waals surface area contributed by atoms with Crippen LogP contribution in [0.15, 0.2) is 36.4 Å². The maximum absolute atomic E-state index is 12.2. The molecule has 0 saturated carbocycles.